The van der Waals surface area contributed by atoms with Crippen LogP contribution in [-0.2, 0) is 18.3 Å². The van der Waals surface area contributed by atoms with Gasteiger partial charge in [0.25, 0.3) is 0 Å². The second-order valence-corrected chi connectivity index (χ2v) is 7.07. The standard InChI is InChI=1S/C17H24N4O2/c1-13-7-15(19-23-13)10-21-11-16(14-8-18-20(2)9-14)17(12-21)3-5-22-6-4-17/h7-9,16H,3-6,10-12H2,1-2H3. The van der Waals surface area contributed by atoms with Crippen molar-refractivity contribution in [2.45, 2.75) is 32.2 Å². The summed E-state index contributed by atoms with van der Waals surface area (Å²) in [6.07, 6.45) is 6.46. The van der Waals surface area contributed by atoms with E-state index in [0.29, 0.717) is 11.3 Å². The molecule has 4 heterocycles. The van der Waals surface area contributed by atoms with Crippen LogP contribution in [0.25, 0.3) is 0 Å². The fraction of sp³-hybridized carbons (Fsp3) is 0.647. The number of aryl methyl sites for hydroxylation is 2. The minimum absolute atomic E-state index is 0.306. The van der Waals surface area contributed by atoms with E-state index in [4.69, 9.17) is 9.26 Å². The van der Waals surface area contributed by atoms with Gasteiger partial charge in [-0.1, -0.05) is 5.16 Å². The number of rotatable bonds is 3. The lowest BCUT2D eigenvalue weighted by molar-refractivity contribution is 0.0118. The minimum Gasteiger partial charge on any atom is -0.381 e. The Morgan fingerprint density at radius 3 is 2.83 bits per heavy atom. The maximum atomic E-state index is 5.64. The molecule has 124 valence electrons. The molecule has 0 aromatic carbocycles. The number of ether oxygens (including phenoxy) is 1. The molecule has 0 saturated carbocycles. The third-order valence-electron chi connectivity index (χ3n) is 5.40. The highest BCUT2D eigenvalue weighted by molar-refractivity contribution is 5.21. The van der Waals surface area contributed by atoms with Crippen molar-refractivity contribution in [1.82, 2.24) is 19.8 Å². The third-order valence-corrected chi connectivity index (χ3v) is 5.40. The molecule has 0 bridgehead atoms. The van der Waals surface area contributed by atoms with Crippen molar-refractivity contribution in [3.63, 3.8) is 0 Å². The molecular weight excluding hydrogens is 292 g/mol. The highest BCUT2D eigenvalue weighted by atomic mass is 16.5. The van der Waals surface area contributed by atoms with Crippen LogP contribution in [-0.4, -0.2) is 46.1 Å². The summed E-state index contributed by atoms with van der Waals surface area (Å²) in [6.45, 7) is 6.69. The van der Waals surface area contributed by atoms with Gasteiger partial charge in [-0.2, -0.15) is 5.10 Å². The Morgan fingerprint density at radius 2 is 2.17 bits per heavy atom. The molecule has 2 aromatic rings. The molecule has 2 aliphatic heterocycles. The minimum atomic E-state index is 0.306. The van der Waals surface area contributed by atoms with Gasteiger partial charge in [0, 0.05) is 58.1 Å². The molecule has 1 unspecified atom stereocenters. The number of hydrogen-bond donors (Lipinski definition) is 0. The zero-order valence-electron chi connectivity index (χ0n) is 13.9. The van der Waals surface area contributed by atoms with E-state index in [-0.39, 0.29) is 0 Å². The van der Waals surface area contributed by atoms with E-state index >= 15 is 0 Å². The first-order valence-corrected chi connectivity index (χ1v) is 8.35. The van der Waals surface area contributed by atoms with Crippen LogP contribution in [0, 0.1) is 12.3 Å². The molecule has 6 nitrogen and oxygen atoms in total. The number of aromatic nitrogens is 3. The van der Waals surface area contributed by atoms with E-state index < -0.39 is 0 Å². The summed E-state index contributed by atoms with van der Waals surface area (Å²) < 4.78 is 12.8. The topological polar surface area (TPSA) is 56.3 Å². The number of nitrogens with zero attached hydrogens (tertiary/aromatic N) is 4. The van der Waals surface area contributed by atoms with Gasteiger partial charge in [0.05, 0.1) is 11.9 Å². The summed E-state index contributed by atoms with van der Waals surface area (Å²) in [5, 5.41) is 8.55. The molecule has 1 spiro atoms. The Bertz CT molecular complexity index is 672. The molecule has 0 N–H and O–H groups in total. The predicted molar refractivity (Wildman–Crippen MR) is 85.0 cm³/mol. The molecular formula is C17H24N4O2. The SMILES string of the molecule is Cc1cc(CN2CC(c3cnn(C)c3)C3(CCOCC3)C2)no1. The second-order valence-electron chi connectivity index (χ2n) is 7.07. The quantitative estimate of drug-likeness (QED) is 0.868. The van der Waals surface area contributed by atoms with Gasteiger partial charge in [0.1, 0.15) is 5.76 Å². The van der Waals surface area contributed by atoms with Gasteiger partial charge in [0.15, 0.2) is 0 Å². The third kappa shape index (κ3) is 2.81. The molecule has 2 aliphatic rings. The number of hydrogen-bond acceptors (Lipinski definition) is 5. The van der Waals surface area contributed by atoms with Crippen molar-refractivity contribution in [1.29, 1.82) is 0 Å². The summed E-state index contributed by atoms with van der Waals surface area (Å²) in [5.74, 6) is 1.40. The molecule has 1 atom stereocenters. The summed E-state index contributed by atoms with van der Waals surface area (Å²) in [4.78, 5) is 2.51. The Hall–Kier alpha value is -1.66. The Morgan fingerprint density at radius 1 is 1.35 bits per heavy atom. The van der Waals surface area contributed by atoms with Crippen LogP contribution in [0.1, 0.15) is 35.8 Å². The first-order chi connectivity index (χ1) is 11.1. The fourth-order valence-electron chi connectivity index (χ4n) is 4.28. The lowest BCUT2D eigenvalue weighted by Crippen LogP contribution is -2.36. The van der Waals surface area contributed by atoms with Gasteiger partial charge in [-0.25, -0.2) is 0 Å². The maximum Gasteiger partial charge on any atom is 0.133 e. The largest absolute Gasteiger partial charge is 0.381 e. The summed E-state index contributed by atoms with van der Waals surface area (Å²) in [7, 11) is 1.99. The van der Waals surface area contributed by atoms with E-state index in [1.807, 2.05) is 30.9 Å². The van der Waals surface area contributed by atoms with Crippen LogP contribution < -0.4 is 0 Å². The van der Waals surface area contributed by atoms with Gasteiger partial charge in [0.2, 0.25) is 0 Å². The van der Waals surface area contributed by atoms with E-state index in [9.17, 15) is 0 Å². The van der Waals surface area contributed by atoms with Gasteiger partial charge in [-0.05, 0) is 30.7 Å². The molecule has 2 fully saturated rings. The monoisotopic (exact) mass is 316 g/mol. The van der Waals surface area contributed by atoms with Crippen LogP contribution in [0.15, 0.2) is 23.0 Å². The predicted octanol–water partition coefficient (Wildman–Crippen LogP) is 2.11. The van der Waals surface area contributed by atoms with Gasteiger partial charge >= 0.3 is 0 Å². The van der Waals surface area contributed by atoms with Gasteiger partial charge in [-0.3, -0.25) is 9.58 Å². The van der Waals surface area contributed by atoms with Crippen molar-refractivity contribution in [3.05, 3.63) is 35.5 Å². The Labute approximate surface area is 136 Å². The molecule has 23 heavy (non-hydrogen) atoms. The van der Waals surface area contributed by atoms with Crippen molar-refractivity contribution in [3.8, 4) is 0 Å². The highest BCUT2D eigenvalue weighted by Gasteiger charge is 2.48. The average Bonchev–Trinajstić information content (AvgIpc) is 3.21. The highest BCUT2D eigenvalue weighted by Crippen LogP contribution is 2.49. The van der Waals surface area contributed by atoms with Crippen molar-refractivity contribution >= 4 is 0 Å². The molecule has 0 radical (unpaired) electrons. The number of likely N-dealkylation sites (tertiary alicyclic amines) is 1. The lowest BCUT2D eigenvalue weighted by Gasteiger charge is -2.38. The van der Waals surface area contributed by atoms with E-state index in [2.05, 4.69) is 21.4 Å². The molecule has 0 aliphatic carbocycles. The first-order valence-electron chi connectivity index (χ1n) is 8.35. The van der Waals surface area contributed by atoms with Crippen molar-refractivity contribution in [2.75, 3.05) is 26.3 Å². The zero-order valence-corrected chi connectivity index (χ0v) is 13.9. The first kappa shape index (κ1) is 14.9. The van der Waals surface area contributed by atoms with Crippen molar-refractivity contribution in [2.24, 2.45) is 12.5 Å². The second kappa shape index (κ2) is 5.76. The molecule has 2 saturated heterocycles. The zero-order chi connectivity index (χ0) is 15.9. The van der Waals surface area contributed by atoms with Crippen LogP contribution in [0.4, 0.5) is 0 Å². The van der Waals surface area contributed by atoms with Crippen LogP contribution in [0.3, 0.4) is 0 Å². The summed E-state index contributed by atoms with van der Waals surface area (Å²) in [5.41, 5.74) is 2.69. The summed E-state index contributed by atoms with van der Waals surface area (Å²) in [6, 6.07) is 2.04. The van der Waals surface area contributed by atoms with Crippen molar-refractivity contribution < 1.29 is 9.26 Å². The van der Waals surface area contributed by atoms with Crippen LogP contribution in [0.2, 0.25) is 0 Å². The Balaban J connectivity index is 1.58. The smallest absolute Gasteiger partial charge is 0.133 e. The average molecular weight is 316 g/mol. The molecule has 0 amide bonds. The van der Waals surface area contributed by atoms with E-state index in [0.717, 1.165) is 57.1 Å². The molecule has 2 aromatic heterocycles. The van der Waals surface area contributed by atoms with Gasteiger partial charge < -0.3 is 9.26 Å². The van der Waals surface area contributed by atoms with Crippen LogP contribution in [0.5, 0.6) is 0 Å². The fourth-order valence-corrected chi connectivity index (χ4v) is 4.28. The van der Waals surface area contributed by atoms with E-state index in [1.54, 1.807) is 0 Å². The van der Waals surface area contributed by atoms with Gasteiger partial charge in [-0.15, -0.1) is 0 Å². The normalized spacial score (nSPS) is 24.5. The summed E-state index contributed by atoms with van der Waals surface area (Å²) >= 11 is 0. The van der Waals surface area contributed by atoms with E-state index in [1.165, 1.54) is 5.56 Å². The molecule has 6 heteroatoms. The maximum absolute atomic E-state index is 5.64. The molecule has 4 rings (SSSR count). The Kier molecular flexibility index (Phi) is 3.73. The lowest BCUT2D eigenvalue weighted by atomic mass is 9.70. The van der Waals surface area contributed by atoms with Crippen LogP contribution >= 0.6 is 0 Å².